The lowest BCUT2D eigenvalue weighted by molar-refractivity contribution is -0.385. The number of carbonyl (C=O) groups is 1. The first-order valence-corrected chi connectivity index (χ1v) is 11.7. The van der Waals surface area contributed by atoms with Crippen molar-refractivity contribution < 1.29 is 23.9 Å². The van der Waals surface area contributed by atoms with Crippen LogP contribution in [0.3, 0.4) is 0 Å². The van der Waals surface area contributed by atoms with Gasteiger partial charge in [-0.2, -0.15) is 0 Å². The number of nitro groups is 1. The van der Waals surface area contributed by atoms with Crippen LogP contribution in [-0.4, -0.2) is 23.9 Å². The molecule has 3 aromatic carbocycles. The fourth-order valence-electron chi connectivity index (χ4n) is 3.48. The van der Waals surface area contributed by atoms with Crippen LogP contribution in [0.15, 0.2) is 65.3 Å². The predicted molar refractivity (Wildman–Crippen MR) is 140 cm³/mol. The van der Waals surface area contributed by atoms with Gasteiger partial charge in [-0.3, -0.25) is 10.1 Å². The van der Waals surface area contributed by atoms with Crippen LogP contribution in [0.25, 0.3) is 6.08 Å². The molecule has 0 atom stereocenters. The highest BCUT2D eigenvalue weighted by Gasteiger charge is 2.27. The van der Waals surface area contributed by atoms with Gasteiger partial charge in [0, 0.05) is 22.2 Å². The van der Waals surface area contributed by atoms with Crippen LogP contribution in [-0.2, 0) is 16.1 Å². The number of nitro benzene ring substituents is 1. The van der Waals surface area contributed by atoms with Gasteiger partial charge < -0.3 is 14.2 Å². The normalized spacial score (nSPS) is 14.0. The molecule has 10 heteroatoms. The predicted octanol–water partition coefficient (Wildman–Crippen LogP) is 6.09. The zero-order valence-electron chi connectivity index (χ0n) is 18.6. The number of hydrogen-bond donors (Lipinski definition) is 0. The molecule has 1 aliphatic heterocycles. The molecule has 0 N–H and O–H groups in total. The molecule has 0 aromatic heterocycles. The average Bonchev–Trinajstić information content (AvgIpc) is 3.17. The molecule has 3 aromatic rings. The van der Waals surface area contributed by atoms with Crippen molar-refractivity contribution in [2.24, 2.45) is 4.99 Å². The molecule has 0 unspecified atom stereocenters. The maximum Gasteiger partial charge on any atom is 0.363 e. The lowest BCUT2D eigenvalue weighted by Crippen LogP contribution is -2.08. The third-order valence-electron chi connectivity index (χ3n) is 5.18. The van der Waals surface area contributed by atoms with E-state index in [4.69, 9.17) is 25.8 Å². The zero-order valence-corrected chi connectivity index (χ0v) is 21.5. The summed E-state index contributed by atoms with van der Waals surface area (Å²) >= 11 is 8.17. The monoisotopic (exact) mass is 604 g/mol. The number of hydrogen-bond acceptors (Lipinski definition) is 7. The standard InChI is InChI=1S/C25H18ClIN2O6/c1-14-18(7-4-8-21(14)29(31)32)24-28-20(25(30)35-24)11-16-10-19(27)23(22(12-16)33-2)34-13-15-5-3-6-17(26)9-15/h3-12H,13H2,1-2H3/b20-11-. The maximum absolute atomic E-state index is 12.5. The summed E-state index contributed by atoms with van der Waals surface area (Å²) in [5.74, 6) is 0.406. The summed E-state index contributed by atoms with van der Waals surface area (Å²) in [6.45, 7) is 1.89. The molecule has 0 saturated heterocycles. The highest BCUT2D eigenvalue weighted by Crippen LogP contribution is 2.36. The Morgan fingerprint density at radius 3 is 2.69 bits per heavy atom. The first kappa shape index (κ1) is 24.7. The number of cyclic esters (lactones) is 1. The molecule has 0 spiro atoms. The van der Waals surface area contributed by atoms with Gasteiger partial charge in [-0.1, -0.05) is 29.8 Å². The van der Waals surface area contributed by atoms with Crippen LogP contribution in [0.1, 0.15) is 22.3 Å². The van der Waals surface area contributed by atoms with E-state index in [9.17, 15) is 14.9 Å². The third kappa shape index (κ3) is 5.46. The molecule has 178 valence electrons. The Bertz CT molecular complexity index is 1400. The van der Waals surface area contributed by atoms with Crippen LogP contribution >= 0.6 is 34.2 Å². The van der Waals surface area contributed by atoms with Crippen molar-refractivity contribution in [1.82, 2.24) is 0 Å². The highest BCUT2D eigenvalue weighted by molar-refractivity contribution is 14.1. The Morgan fingerprint density at radius 2 is 1.97 bits per heavy atom. The summed E-state index contributed by atoms with van der Waals surface area (Å²) in [6.07, 6.45) is 1.56. The van der Waals surface area contributed by atoms with Crippen LogP contribution in [0, 0.1) is 20.6 Å². The fraction of sp³-hybridized carbons (Fsp3) is 0.120. The van der Waals surface area contributed by atoms with Gasteiger partial charge in [-0.15, -0.1) is 0 Å². The second-order valence-corrected chi connectivity index (χ2v) is 9.09. The smallest absolute Gasteiger partial charge is 0.363 e. The van der Waals surface area contributed by atoms with Crippen molar-refractivity contribution >= 4 is 57.8 Å². The quantitative estimate of drug-likeness (QED) is 0.106. The van der Waals surface area contributed by atoms with Gasteiger partial charge in [-0.25, -0.2) is 9.79 Å². The van der Waals surface area contributed by atoms with E-state index in [1.165, 1.54) is 19.2 Å². The Hall–Kier alpha value is -3.44. The van der Waals surface area contributed by atoms with Gasteiger partial charge in [0.2, 0.25) is 5.90 Å². The molecule has 0 saturated carbocycles. The molecule has 0 fully saturated rings. The van der Waals surface area contributed by atoms with E-state index in [0.29, 0.717) is 39.8 Å². The van der Waals surface area contributed by atoms with E-state index in [0.717, 1.165) is 9.13 Å². The molecule has 0 amide bonds. The SMILES string of the molecule is COc1cc(/C=C2\N=C(c3cccc([N+](=O)[O-])c3C)OC2=O)cc(I)c1OCc1cccc(Cl)c1. The van der Waals surface area contributed by atoms with Crippen molar-refractivity contribution in [3.05, 3.63) is 101 Å². The number of halogens is 2. The Morgan fingerprint density at radius 1 is 1.20 bits per heavy atom. The van der Waals surface area contributed by atoms with Crippen molar-refractivity contribution in [2.45, 2.75) is 13.5 Å². The summed E-state index contributed by atoms with van der Waals surface area (Å²) in [7, 11) is 1.53. The number of carbonyl (C=O) groups excluding carboxylic acids is 1. The minimum absolute atomic E-state index is 0.0191. The minimum Gasteiger partial charge on any atom is -0.493 e. The van der Waals surface area contributed by atoms with E-state index >= 15 is 0 Å². The third-order valence-corrected chi connectivity index (χ3v) is 6.22. The number of esters is 1. The van der Waals surface area contributed by atoms with E-state index in [2.05, 4.69) is 27.6 Å². The first-order chi connectivity index (χ1) is 16.8. The minimum atomic E-state index is -0.652. The van der Waals surface area contributed by atoms with Gasteiger partial charge in [0.05, 0.1) is 15.6 Å². The number of benzene rings is 3. The molecule has 0 aliphatic carbocycles. The molecule has 8 nitrogen and oxygen atoms in total. The number of rotatable bonds is 7. The Balaban J connectivity index is 1.62. The maximum atomic E-state index is 12.5. The number of methoxy groups -OCH3 is 1. The Labute approximate surface area is 219 Å². The van der Waals surface area contributed by atoms with Crippen molar-refractivity contribution in [2.75, 3.05) is 7.11 Å². The summed E-state index contributed by atoms with van der Waals surface area (Å²) in [5, 5.41) is 11.9. The molecule has 4 rings (SSSR count). The Kier molecular flexibility index (Phi) is 7.37. The summed E-state index contributed by atoms with van der Waals surface area (Å²) in [4.78, 5) is 27.5. The summed E-state index contributed by atoms with van der Waals surface area (Å²) in [5.41, 5.74) is 2.29. The number of ether oxygens (including phenoxy) is 3. The molecule has 0 radical (unpaired) electrons. The highest BCUT2D eigenvalue weighted by atomic mass is 127. The van der Waals surface area contributed by atoms with Crippen LogP contribution in [0.2, 0.25) is 5.02 Å². The van der Waals surface area contributed by atoms with Gasteiger partial charge in [-0.05, 0) is 77.0 Å². The van der Waals surface area contributed by atoms with E-state index in [1.54, 1.807) is 31.2 Å². The molecule has 1 aliphatic rings. The molecule has 1 heterocycles. The zero-order chi connectivity index (χ0) is 25.1. The lowest BCUT2D eigenvalue weighted by Gasteiger charge is -2.14. The van der Waals surface area contributed by atoms with Gasteiger partial charge >= 0.3 is 5.97 Å². The largest absolute Gasteiger partial charge is 0.493 e. The summed E-state index contributed by atoms with van der Waals surface area (Å²) in [6, 6.07) is 15.5. The van der Waals surface area contributed by atoms with Crippen LogP contribution in [0.5, 0.6) is 11.5 Å². The van der Waals surface area contributed by atoms with Crippen LogP contribution < -0.4 is 9.47 Å². The molecular formula is C25H18ClIN2O6. The molecule has 0 bridgehead atoms. The lowest BCUT2D eigenvalue weighted by atomic mass is 10.1. The van der Waals surface area contributed by atoms with Crippen LogP contribution in [0.4, 0.5) is 5.69 Å². The second-order valence-electron chi connectivity index (χ2n) is 7.50. The van der Waals surface area contributed by atoms with E-state index < -0.39 is 10.9 Å². The first-order valence-electron chi connectivity index (χ1n) is 10.3. The molecular weight excluding hydrogens is 587 g/mol. The fourth-order valence-corrected chi connectivity index (χ4v) is 4.47. The second kappa shape index (κ2) is 10.4. The van der Waals surface area contributed by atoms with E-state index in [1.807, 2.05) is 24.3 Å². The van der Waals surface area contributed by atoms with Gasteiger partial charge in [0.1, 0.15) is 6.61 Å². The summed E-state index contributed by atoms with van der Waals surface area (Å²) < 4.78 is 17.6. The average molecular weight is 605 g/mol. The van der Waals surface area contributed by atoms with Crippen molar-refractivity contribution in [3.63, 3.8) is 0 Å². The van der Waals surface area contributed by atoms with Gasteiger partial charge in [0.25, 0.3) is 5.69 Å². The van der Waals surface area contributed by atoms with E-state index in [-0.39, 0.29) is 17.3 Å². The number of aliphatic imine (C=N–C) groups is 1. The van der Waals surface area contributed by atoms with Crippen molar-refractivity contribution in [1.29, 1.82) is 0 Å². The topological polar surface area (TPSA) is 100 Å². The number of nitrogens with zero attached hydrogens (tertiary/aromatic N) is 2. The van der Waals surface area contributed by atoms with Crippen molar-refractivity contribution in [3.8, 4) is 11.5 Å². The van der Waals surface area contributed by atoms with Gasteiger partial charge in [0.15, 0.2) is 17.2 Å². The molecule has 35 heavy (non-hydrogen) atoms.